The first kappa shape index (κ1) is 18.1. The third-order valence-corrected chi connectivity index (χ3v) is 5.65. The van der Waals surface area contributed by atoms with Crippen molar-refractivity contribution in [2.45, 2.75) is 6.54 Å². The number of carbonyl (C=O) groups excluding carboxylic acids is 1. The fraction of sp³-hybridized carbons (Fsp3) is 0.100. The zero-order valence-electron chi connectivity index (χ0n) is 14.1. The van der Waals surface area contributed by atoms with Crippen LogP contribution in [0.2, 0.25) is 5.02 Å². The number of nitrogens with one attached hydrogen (secondary N) is 1. The van der Waals surface area contributed by atoms with Crippen molar-refractivity contribution in [2.75, 3.05) is 6.61 Å². The number of nitrogens with zero attached hydrogens (tertiary/aromatic N) is 1. The van der Waals surface area contributed by atoms with Gasteiger partial charge in [-0.3, -0.25) is 4.79 Å². The Labute approximate surface area is 171 Å². The van der Waals surface area contributed by atoms with Gasteiger partial charge in [-0.05, 0) is 24.3 Å². The number of hydrogen-bond donors (Lipinski definition) is 1. The van der Waals surface area contributed by atoms with Gasteiger partial charge < -0.3 is 14.6 Å². The molecule has 2 aromatic carbocycles. The summed E-state index contributed by atoms with van der Waals surface area (Å²) in [5, 5.41) is 4.32. The van der Waals surface area contributed by atoms with E-state index in [2.05, 4.69) is 16.0 Å². The highest BCUT2D eigenvalue weighted by Crippen LogP contribution is 2.30. The van der Waals surface area contributed by atoms with Gasteiger partial charge in [-0.25, -0.2) is 0 Å². The third kappa shape index (κ3) is 3.88. The summed E-state index contributed by atoms with van der Waals surface area (Å²) < 4.78 is 8.42. The van der Waals surface area contributed by atoms with Crippen LogP contribution in [-0.2, 0) is 11.3 Å². The van der Waals surface area contributed by atoms with Gasteiger partial charge >= 0.3 is 0 Å². The molecule has 0 saturated carbocycles. The van der Waals surface area contributed by atoms with Crippen molar-refractivity contribution in [3.63, 3.8) is 0 Å². The molecule has 2 heterocycles. The van der Waals surface area contributed by atoms with Crippen LogP contribution in [0.15, 0.2) is 59.6 Å². The zero-order chi connectivity index (χ0) is 18.8. The van der Waals surface area contributed by atoms with Gasteiger partial charge in [0.25, 0.3) is 5.91 Å². The second kappa shape index (κ2) is 7.76. The molecule has 4 nitrogen and oxygen atoms in total. The average Bonchev–Trinajstić information content (AvgIpc) is 3.17. The molecule has 1 fully saturated rings. The minimum Gasteiger partial charge on any atom is -0.490 e. The summed E-state index contributed by atoms with van der Waals surface area (Å²) >= 11 is 12.5. The maximum absolute atomic E-state index is 12.0. The largest absolute Gasteiger partial charge is 0.490 e. The van der Waals surface area contributed by atoms with E-state index in [4.69, 9.17) is 28.6 Å². The average molecular weight is 415 g/mol. The summed E-state index contributed by atoms with van der Waals surface area (Å²) in [5.41, 5.74) is 2.06. The van der Waals surface area contributed by atoms with Crippen molar-refractivity contribution in [2.24, 2.45) is 0 Å². The van der Waals surface area contributed by atoms with Crippen molar-refractivity contribution in [3.8, 4) is 5.75 Å². The Morgan fingerprint density at radius 2 is 1.96 bits per heavy atom. The first-order valence-corrected chi connectivity index (χ1v) is 9.92. The summed E-state index contributed by atoms with van der Waals surface area (Å²) in [6, 6.07) is 15.5. The molecule has 0 unspecified atom stereocenters. The normalized spacial score (nSPS) is 15.5. The molecule has 1 N–H and O–H groups in total. The van der Waals surface area contributed by atoms with Gasteiger partial charge in [-0.2, -0.15) is 0 Å². The van der Waals surface area contributed by atoms with Gasteiger partial charge in [0.1, 0.15) is 16.7 Å². The van der Waals surface area contributed by atoms with Crippen molar-refractivity contribution in [3.05, 3.63) is 70.2 Å². The molecule has 1 aliphatic rings. The molecular formula is C20H15ClN2O2S2. The number of aromatic nitrogens is 1. The molecule has 0 atom stereocenters. The van der Waals surface area contributed by atoms with Crippen LogP contribution in [0, 0.1) is 0 Å². The number of thiocarbonyl (C=S) groups is 1. The predicted molar refractivity (Wildman–Crippen MR) is 115 cm³/mol. The molecule has 4 rings (SSSR count). The highest BCUT2D eigenvalue weighted by atomic mass is 35.5. The van der Waals surface area contributed by atoms with Gasteiger partial charge in [0.15, 0.2) is 0 Å². The zero-order valence-corrected chi connectivity index (χ0v) is 16.5. The molecule has 0 radical (unpaired) electrons. The van der Waals surface area contributed by atoms with Gasteiger partial charge in [0.05, 0.1) is 16.5 Å². The Bertz CT molecular complexity index is 1070. The van der Waals surface area contributed by atoms with E-state index < -0.39 is 0 Å². The van der Waals surface area contributed by atoms with Crippen LogP contribution in [-0.4, -0.2) is 21.4 Å². The maximum atomic E-state index is 12.0. The standard InChI is InChI=1S/C20H15ClN2O2S2/c21-15-6-2-4-8-17(15)25-10-9-23-12-13(14-5-1-3-7-16(14)23)11-18-19(24)22-20(26)27-18/h1-8,11-12H,9-10H2,(H,22,24,26)/b18-11-. The lowest BCUT2D eigenvalue weighted by Crippen LogP contribution is -2.17. The van der Waals surface area contributed by atoms with Crippen LogP contribution < -0.4 is 10.1 Å². The lowest BCUT2D eigenvalue weighted by Gasteiger charge is -2.09. The minimum absolute atomic E-state index is 0.149. The number of halogens is 1. The lowest BCUT2D eigenvalue weighted by molar-refractivity contribution is -0.115. The molecule has 1 aromatic heterocycles. The van der Waals surface area contributed by atoms with E-state index in [1.54, 1.807) is 6.07 Å². The van der Waals surface area contributed by atoms with Gasteiger partial charge in [-0.1, -0.05) is 65.9 Å². The monoisotopic (exact) mass is 414 g/mol. The van der Waals surface area contributed by atoms with E-state index in [-0.39, 0.29) is 5.91 Å². The Balaban J connectivity index is 1.59. The quantitative estimate of drug-likeness (QED) is 0.478. The van der Waals surface area contributed by atoms with Crippen LogP contribution in [0.25, 0.3) is 17.0 Å². The summed E-state index contributed by atoms with van der Waals surface area (Å²) in [7, 11) is 0. The van der Waals surface area contributed by atoms with Crippen LogP contribution in [0.3, 0.4) is 0 Å². The predicted octanol–water partition coefficient (Wildman–Crippen LogP) is 4.86. The number of rotatable bonds is 5. The fourth-order valence-corrected chi connectivity index (χ4v) is 4.18. The Hall–Kier alpha value is -2.28. The summed E-state index contributed by atoms with van der Waals surface area (Å²) in [5.74, 6) is 0.523. The van der Waals surface area contributed by atoms with E-state index in [0.717, 1.165) is 16.5 Å². The second-order valence-corrected chi connectivity index (χ2v) is 8.05. The number of benzene rings is 2. The van der Waals surface area contributed by atoms with Crippen LogP contribution in [0.5, 0.6) is 5.75 Å². The Kier molecular flexibility index (Phi) is 5.20. The second-order valence-electron chi connectivity index (χ2n) is 5.93. The summed E-state index contributed by atoms with van der Waals surface area (Å²) in [4.78, 5) is 12.6. The summed E-state index contributed by atoms with van der Waals surface area (Å²) in [6.07, 6.45) is 3.91. The van der Waals surface area contributed by atoms with Crippen molar-refractivity contribution in [1.29, 1.82) is 0 Å². The summed E-state index contributed by atoms with van der Waals surface area (Å²) in [6.45, 7) is 1.14. The minimum atomic E-state index is -0.149. The fourth-order valence-electron chi connectivity index (χ4n) is 2.95. The molecule has 0 spiro atoms. The van der Waals surface area contributed by atoms with E-state index in [1.807, 2.05) is 48.7 Å². The number of thioether (sulfide) groups is 1. The molecule has 27 heavy (non-hydrogen) atoms. The number of fused-ring (bicyclic) bond motifs is 1. The molecule has 1 amide bonds. The molecule has 3 aromatic rings. The highest BCUT2D eigenvalue weighted by Gasteiger charge is 2.22. The van der Waals surface area contributed by atoms with E-state index in [1.165, 1.54) is 11.8 Å². The van der Waals surface area contributed by atoms with Crippen LogP contribution >= 0.6 is 35.6 Å². The number of para-hydroxylation sites is 2. The lowest BCUT2D eigenvalue weighted by atomic mass is 10.1. The molecular weight excluding hydrogens is 400 g/mol. The van der Waals surface area contributed by atoms with Crippen molar-refractivity contribution in [1.82, 2.24) is 9.88 Å². The molecule has 0 aliphatic carbocycles. The van der Waals surface area contributed by atoms with E-state index >= 15 is 0 Å². The van der Waals surface area contributed by atoms with E-state index in [0.29, 0.717) is 33.1 Å². The van der Waals surface area contributed by atoms with Crippen molar-refractivity contribution < 1.29 is 9.53 Å². The van der Waals surface area contributed by atoms with Crippen molar-refractivity contribution >= 4 is 62.8 Å². The highest BCUT2D eigenvalue weighted by molar-refractivity contribution is 8.26. The topological polar surface area (TPSA) is 43.3 Å². The number of carbonyl (C=O) groups is 1. The SMILES string of the molecule is O=C1NC(=S)S/C1=C\c1cn(CCOc2ccccc2Cl)c2ccccc12. The maximum Gasteiger partial charge on any atom is 0.263 e. The first-order chi connectivity index (χ1) is 13.1. The van der Waals surface area contributed by atoms with Gasteiger partial charge in [0, 0.05) is 22.7 Å². The number of amides is 1. The Morgan fingerprint density at radius 3 is 2.74 bits per heavy atom. The Morgan fingerprint density at radius 1 is 1.19 bits per heavy atom. The van der Waals surface area contributed by atoms with Gasteiger partial charge in [-0.15, -0.1) is 0 Å². The molecule has 1 aliphatic heterocycles. The number of ether oxygens (including phenoxy) is 1. The molecule has 136 valence electrons. The van der Waals surface area contributed by atoms with Crippen LogP contribution in [0.1, 0.15) is 5.56 Å². The molecule has 1 saturated heterocycles. The smallest absolute Gasteiger partial charge is 0.263 e. The number of hydrogen-bond acceptors (Lipinski definition) is 4. The van der Waals surface area contributed by atoms with E-state index in [9.17, 15) is 4.79 Å². The molecule has 7 heteroatoms. The van der Waals surface area contributed by atoms with Gasteiger partial charge in [0.2, 0.25) is 0 Å². The molecule has 0 bridgehead atoms. The third-order valence-electron chi connectivity index (χ3n) is 4.17. The first-order valence-electron chi connectivity index (χ1n) is 8.32. The van der Waals surface area contributed by atoms with Crippen LogP contribution in [0.4, 0.5) is 0 Å².